The van der Waals surface area contributed by atoms with Crippen molar-refractivity contribution in [3.63, 3.8) is 0 Å². The molecule has 0 aliphatic carbocycles. The van der Waals surface area contributed by atoms with Crippen molar-refractivity contribution in [3.8, 4) is 0 Å². The van der Waals surface area contributed by atoms with E-state index in [0.29, 0.717) is 18.7 Å². The molecule has 0 bridgehead atoms. The van der Waals surface area contributed by atoms with Crippen LogP contribution in [0.25, 0.3) is 10.9 Å². The number of fused-ring (bicyclic) bond motifs is 2. The molecule has 2 fully saturated rings. The third-order valence-electron chi connectivity index (χ3n) is 7.26. The van der Waals surface area contributed by atoms with Crippen molar-refractivity contribution >= 4 is 28.6 Å². The maximum atomic E-state index is 13.7. The molecule has 2 aromatic carbocycles. The van der Waals surface area contributed by atoms with Gasteiger partial charge >= 0.3 is 5.97 Å². The van der Waals surface area contributed by atoms with E-state index in [4.69, 9.17) is 9.47 Å². The summed E-state index contributed by atoms with van der Waals surface area (Å²) in [6.45, 7) is 2.36. The number of esters is 1. The van der Waals surface area contributed by atoms with Gasteiger partial charge in [-0.2, -0.15) is 0 Å². The number of hydrogen-bond donors (Lipinski definition) is 1. The Bertz CT molecular complexity index is 1190. The number of methoxy groups -OCH3 is 1. The molecule has 0 saturated carbocycles. The van der Waals surface area contributed by atoms with E-state index in [0.717, 1.165) is 16.5 Å². The molecule has 3 heterocycles. The maximum Gasteiger partial charge on any atom is 0.318 e. The minimum absolute atomic E-state index is 0.0561. The number of aromatic nitrogens is 1. The van der Waals surface area contributed by atoms with Crippen LogP contribution in [0, 0.1) is 17.8 Å². The van der Waals surface area contributed by atoms with E-state index < -0.39 is 24.0 Å². The Morgan fingerprint density at radius 1 is 1.09 bits per heavy atom. The first kappa shape index (κ1) is 22.3. The van der Waals surface area contributed by atoms with Gasteiger partial charge in [0, 0.05) is 23.2 Å². The van der Waals surface area contributed by atoms with E-state index >= 15 is 0 Å². The second kappa shape index (κ2) is 9.06. The lowest BCUT2D eigenvalue weighted by atomic mass is 9.71. The van der Waals surface area contributed by atoms with Crippen LogP contribution in [0.1, 0.15) is 41.9 Å². The standard InChI is InChI=1S/C27H28N2O5/c1-3-18-19(14-23(30)21-13-17-11-7-8-12-20(17)28-21)24(27(32)33-2)25(31)29-22(15-34-26(18)29)16-9-5-4-6-10-16/h4-13,18-19,22,24,26,28H,3,14-15H2,1-2H3/t18-,19+,22-,24-,26+/m0/s1. The average Bonchev–Trinajstić information content (AvgIpc) is 3.50. The number of rotatable bonds is 6. The fourth-order valence-electron chi connectivity index (χ4n) is 5.59. The molecule has 1 aromatic heterocycles. The lowest BCUT2D eigenvalue weighted by Crippen LogP contribution is -2.57. The number of H-pyrrole nitrogens is 1. The van der Waals surface area contributed by atoms with Crippen molar-refractivity contribution in [1.82, 2.24) is 9.88 Å². The number of aromatic amines is 1. The second-order valence-electron chi connectivity index (χ2n) is 9.03. The van der Waals surface area contributed by atoms with Gasteiger partial charge in [-0.15, -0.1) is 0 Å². The fraction of sp³-hybridized carbons (Fsp3) is 0.370. The Morgan fingerprint density at radius 3 is 2.53 bits per heavy atom. The number of ketones is 1. The molecule has 2 aliphatic heterocycles. The van der Waals surface area contributed by atoms with Gasteiger partial charge in [0.15, 0.2) is 5.78 Å². The van der Waals surface area contributed by atoms with E-state index in [-0.39, 0.29) is 30.1 Å². The van der Waals surface area contributed by atoms with Gasteiger partial charge in [0.25, 0.3) is 0 Å². The quantitative estimate of drug-likeness (QED) is 0.340. The number of amides is 1. The third kappa shape index (κ3) is 3.70. The summed E-state index contributed by atoms with van der Waals surface area (Å²) in [7, 11) is 1.29. The predicted molar refractivity (Wildman–Crippen MR) is 126 cm³/mol. The van der Waals surface area contributed by atoms with Gasteiger partial charge in [-0.3, -0.25) is 14.4 Å². The number of hydrogen-bond acceptors (Lipinski definition) is 5. The summed E-state index contributed by atoms with van der Waals surface area (Å²) in [5.41, 5.74) is 2.31. The zero-order valence-electron chi connectivity index (χ0n) is 19.3. The molecule has 5 atom stereocenters. The SMILES string of the molecule is CC[C@H]1[C@@H](CC(=O)c2cc3ccccc3[nH]2)[C@H](C(=O)OC)C(=O)N2[C@@H]1OC[C@H]2c1ccccc1. The number of benzene rings is 2. The van der Waals surface area contributed by atoms with Crippen LogP contribution in [-0.4, -0.2) is 47.5 Å². The van der Waals surface area contributed by atoms with Gasteiger partial charge in [0.1, 0.15) is 12.1 Å². The number of carbonyl (C=O) groups is 3. The van der Waals surface area contributed by atoms with Crippen molar-refractivity contribution < 1.29 is 23.9 Å². The predicted octanol–water partition coefficient (Wildman–Crippen LogP) is 4.11. The Labute approximate surface area is 198 Å². The molecule has 0 spiro atoms. The summed E-state index contributed by atoms with van der Waals surface area (Å²) in [4.78, 5) is 44.9. The molecule has 1 N–H and O–H groups in total. The Morgan fingerprint density at radius 2 is 1.82 bits per heavy atom. The van der Waals surface area contributed by atoms with Gasteiger partial charge in [-0.1, -0.05) is 55.5 Å². The van der Waals surface area contributed by atoms with Gasteiger partial charge in [0.2, 0.25) is 5.91 Å². The number of nitrogens with one attached hydrogen (secondary N) is 1. The number of carbonyl (C=O) groups excluding carboxylic acids is 3. The van der Waals surface area contributed by atoms with E-state index in [1.54, 1.807) is 4.90 Å². The summed E-state index contributed by atoms with van der Waals surface area (Å²) in [5, 5.41) is 0.943. The lowest BCUT2D eigenvalue weighted by Gasteiger charge is -2.45. The molecule has 0 unspecified atom stereocenters. The Balaban J connectivity index is 1.48. The Hall–Kier alpha value is -3.45. The molecule has 7 nitrogen and oxygen atoms in total. The molecule has 5 rings (SSSR count). The lowest BCUT2D eigenvalue weighted by molar-refractivity contribution is -0.174. The topological polar surface area (TPSA) is 88.7 Å². The van der Waals surface area contributed by atoms with Crippen LogP contribution in [0.2, 0.25) is 0 Å². The van der Waals surface area contributed by atoms with Crippen LogP contribution in [0.4, 0.5) is 0 Å². The minimum Gasteiger partial charge on any atom is -0.468 e. The van der Waals surface area contributed by atoms with Crippen LogP contribution < -0.4 is 0 Å². The van der Waals surface area contributed by atoms with Crippen LogP contribution in [0.15, 0.2) is 60.7 Å². The molecule has 0 radical (unpaired) electrons. The molecular weight excluding hydrogens is 432 g/mol. The zero-order chi connectivity index (χ0) is 23.8. The molecule has 3 aromatic rings. The highest BCUT2D eigenvalue weighted by Gasteiger charge is 2.56. The van der Waals surface area contributed by atoms with Crippen molar-refractivity contribution in [2.75, 3.05) is 13.7 Å². The molecule has 176 valence electrons. The summed E-state index contributed by atoms with van der Waals surface area (Å²) >= 11 is 0. The van der Waals surface area contributed by atoms with E-state index in [1.165, 1.54) is 7.11 Å². The summed E-state index contributed by atoms with van der Waals surface area (Å²) in [5.74, 6) is -2.80. The number of Topliss-reactive ketones (excluding diaryl/α,β-unsaturated/α-hetero) is 1. The normalized spacial score (nSPS) is 26.5. The number of para-hydroxylation sites is 1. The van der Waals surface area contributed by atoms with Crippen LogP contribution >= 0.6 is 0 Å². The van der Waals surface area contributed by atoms with E-state index in [9.17, 15) is 14.4 Å². The average molecular weight is 461 g/mol. The van der Waals surface area contributed by atoms with Crippen LogP contribution in [0.5, 0.6) is 0 Å². The zero-order valence-corrected chi connectivity index (χ0v) is 19.3. The maximum absolute atomic E-state index is 13.7. The highest BCUT2D eigenvalue weighted by atomic mass is 16.5. The largest absolute Gasteiger partial charge is 0.468 e. The third-order valence-corrected chi connectivity index (χ3v) is 7.26. The van der Waals surface area contributed by atoms with Crippen molar-refractivity contribution in [1.29, 1.82) is 0 Å². The molecule has 2 aliphatic rings. The van der Waals surface area contributed by atoms with Crippen molar-refractivity contribution in [2.45, 2.75) is 32.0 Å². The molecule has 7 heteroatoms. The number of nitrogens with zero attached hydrogens (tertiary/aromatic N) is 1. The van der Waals surface area contributed by atoms with Gasteiger partial charge in [0.05, 0.1) is 25.5 Å². The molecular formula is C27H28N2O5. The van der Waals surface area contributed by atoms with Gasteiger partial charge in [-0.05, 0) is 30.0 Å². The smallest absolute Gasteiger partial charge is 0.318 e. The first-order valence-electron chi connectivity index (χ1n) is 11.7. The summed E-state index contributed by atoms with van der Waals surface area (Å²) in [6.07, 6.45) is 0.235. The molecule has 34 heavy (non-hydrogen) atoms. The van der Waals surface area contributed by atoms with Gasteiger partial charge in [-0.25, -0.2) is 0 Å². The van der Waals surface area contributed by atoms with Crippen molar-refractivity contribution in [2.24, 2.45) is 17.8 Å². The monoisotopic (exact) mass is 460 g/mol. The molecule has 1 amide bonds. The first-order valence-corrected chi connectivity index (χ1v) is 11.7. The fourth-order valence-corrected chi connectivity index (χ4v) is 5.59. The van der Waals surface area contributed by atoms with Crippen molar-refractivity contribution in [3.05, 3.63) is 71.9 Å². The highest BCUT2D eigenvalue weighted by molar-refractivity contribution is 6.02. The second-order valence-corrected chi connectivity index (χ2v) is 9.03. The number of piperidine rings is 1. The van der Waals surface area contributed by atoms with Crippen LogP contribution in [0.3, 0.4) is 0 Å². The number of ether oxygens (including phenoxy) is 2. The molecule has 2 saturated heterocycles. The summed E-state index contributed by atoms with van der Waals surface area (Å²) in [6, 6.07) is 18.9. The minimum atomic E-state index is -1.05. The van der Waals surface area contributed by atoms with E-state index in [2.05, 4.69) is 4.98 Å². The first-order chi connectivity index (χ1) is 16.5. The van der Waals surface area contributed by atoms with Gasteiger partial charge < -0.3 is 19.4 Å². The highest BCUT2D eigenvalue weighted by Crippen LogP contribution is 2.46. The van der Waals surface area contributed by atoms with E-state index in [1.807, 2.05) is 67.6 Å². The summed E-state index contributed by atoms with van der Waals surface area (Å²) < 4.78 is 11.2. The Kier molecular flexibility index (Phi) is 5.96. The van der Waals surface area contributed by atoms with Crippen LogP contribution in [-0.2, 0) is 19.1 Å².